The van der Waals surface area contributed by atoms with Crippen molar-refractivity contribution >= 4 is 23.4 Å². The van der Waals surface area contributed by atoms with E-state index in [4.69, 9.17) is 21.1 Å². The van der Waals surface area contributed by atoms with Crippen molar-refractivity contribution in [2.75, 3.05) is 13.2 Å². The maximum atomic E-state index is 12.5. The van der Waals surface area contributed by atoms with Crippen LogP contribution in [0.2, 0.25) is 5.02 Å². The van der Waals surface area contributed by atoms with Crippen molar-refractivity contribution < 1.29 is 19.1 Å². The fourth-order valence-electron chi connectivity index (χ4n) is 3.41. The molecule has 1 spiro atoms. The van der Waals surface area contributed by atoms with Gasteiger partial charge in [-0.15, -0.1) is 0 Å². The molecule has 0 atom stereocenters. The van der Waals surface area contributed by atoms with Crippen molar-refractivity contribution in [2.45, 2.75) is 32.2 Å². The smallest absolute Gasteiger partial charge is 0.236 e. The van der Waals surface area contributed by atoms with E-state index in [0.717, 1.165) is 19.3 Å². The van der Waals surface area contributed by atoms with Gasteiger partial charge in [0, 0.05) is 17.5 Å². The van der Waals surface area contributed by atoms with Gasteiger partial charge < -0.3 is 9.47 Å². The van der Waals surface area contributed by atoms with Crippen LogP contribution in [0.1, 0.15) is 31.2 Å². The van der Waals surface area contributed by atoms with E-state index in [9.17, 15) is 9.59 Å². The molecule has 4 rings (SSSR count). The molecule has 1 aliphatic carbocycles. The van der Waals surface area contributed by atoms with Crippen LogP contribution >= 0.6 is 11.6 Å². The van der Waals surface area contributed by atoms with Gasteiger partial charge in [-0.05, 0) is 24.5 Å². The SMILES string of the molecule is O=C1CC2(CCC2)C(=O)N1Cc1cc2c(cc1Cl)OCCO2. The zero-order chi connectivity index (χ0) is 15.3. The Morgan fingerprint density at radius 2 is 1.82 bits per heavy atom. The van der Waals surface area contributed by atoms with E-state index in [1.54, 1.807) is 12.1 Å². The largest absolute Gasteiger partial charge is 0.486 e. The third kappa shape index (κ3) is 1.99. The summed E-state index contributed by atoms with van der Waals surface area (Å²) in [5.74, 6) is 1.07. The van der Waals surface area contributed by atoms with E-state index in [1.165, 1.54) is 4.90 Å². The van der Waals surface area contributed by atoms with Crippen molar-refractivity contribution in [3.63, 3.8) is 0 Å². The quantitative estimate of drug-likeness (QED) is 0.786. The first kappa shape index (κ1) is 13.9. The number of ether oxygens (including phenoxy) is 2. The molecule has 1 saturated heterocycles. The molecule has 116 valence electrons. The lowest BCUT2D eigenvalue weighted by atomic mass is 9.68. The minimum Gasteiger partial charge on any atom is -0.486 e. The predicted octanol–water partition coefficient (Wildman–Crippen LogP) is 2.54. The van der Waals surface area contributed by atoms with Crippen LogP contribution in [0.5, 0.6) is 11.5 Å². The molecule has 0 unspecified atom stereocenters. The first-order chi connectivity index (χ1) is 10.6. The van der Waals surface area contributed by atoms with Gasteiger partial charge in [0.05, 0.1) is 12.0 Å². The van der Waals surface area contributed by atoms with Crippen molar-refractivity contribution in [3.8, 4) is 11.5 Å². The Morgan fingerprint density at radius 3 is 2.41 bits per heavy atom. The summed E-state index contributed by atoms with van der Waals surface area (Å²) in [4.78, 5) is 26.1. The first-order valence-corrected chi connectivity index (χ1v) is 7.90. The predicted molar refractivity (Wildman–Crippen MR) is 78.9 cm³/mol. The van der Waals surface area contributed by atoms with Gasteiger partial charge in [0.25, 0.3) is 0 Å². The molecule has 2 heterocycles. The van der Waals surface area contributed by atoms with Crippen molar-refractivity contribution in [2.24, 2.45) is 5.41 Å². The Labute approximate surface area is 133 Å². The molecule has 6 heteroatoms. The molecule has 0 aromatic heterocycles. The van der Waals surface area contributed by atoms with Crippen LogP contribution in [-0.4, -0.2) is 29.9 Å². The number of amides is 2. The van der Waals surface area contributed by atoms with Crippen LogP contribution in [0.15, 0.2) is 12.1 Å². The molecule has 2 aliphatic heterocycles. The van der Waals surface area contributed by atoms with E-state index in [-0.39, 0.29) is 18.4 Å². The Morgan fingerprint density at radius 1 is 1.14 bits per heavy atom. The highest BCUT2D eigenvalue weighted by molar-refractivity contribution is 6.31. The molecule has 1 aromatic rings. The summed E-state index contributed by atoms with van der Waals surface area (Å²) in [6.07, 6.45) is 3.01. The maximum absolute atomic E-state index is 12.5. The lowest BCUT2D eigenvalue weighted by Crippen LogP contribution is -2.39. The van der Waals surface area contributed by atoms with Crippen molar-refractivity contribution in [3.05, 3.63) is 22.7 Å². The number of hydrogen-bond acceptors (Lipinski definition) is 4. The maximum Gasteiger partial charge on any atom is 0.236 e. The molecule has 1 aromatic carbocycles. The summed E-state index contributed by atoms with van der Waals surface area (Å²) >= 11 is 6.27. The van der Waals surface area contributed by atoms with Gasteiger partial charge in [-0.2, -0.15) is 0 Å². The fraction of sp³-hybridized carbons (Fsp3) is 0.500. The molecule has 2 amide bonds. The van der Waals surface area contributed by atoms with E-state index in [2.05, 4.69) is 0 Å². The van der Waals surface area contributed by atoms with Gasteiger partial charge in [0.15, 0.2) is 11.5 Å². The van der Waals surface area contributed by atoms with Gasteiger partial charge in [-0.25, -0.2) is 0 Å². The van der Waals surface area contributed by atoms with Crippen LogP contribution in [0.25, 0.3) is 0 Å². The zero-order valence-electron chi connectivity index (χ0n) is 12.1. The average Bonchev–Trinajstić information content (AvgIpc) is 2.72. The van der Waals surface area contributed by atoms with Crippen LogP contribution in [0, 0.1) is 5.41 Å². The third-order valence-corrected chi connectivity index (χ3v) is 5.19. The number of likely N-dealkylation sites (tertiary alicyclic amines) is 1. The average molecular weight is 322 g/mol. The van der Waals surface area contributed by atoms with Crippen LogP contribution in [0.4, 0.5) is 0 Å². The summed E-state index contributed by atoms with van der Waals surface area (Å²) in [7, 11) is 0. The second kappa shape index (κ2) is 4.88. The molecule has 2 fully saturated rings. The number of carbonyl (C=O) groups excluding carboxylic acids is 2. The monoisotopic (exact) mass is 321 g/mol. The first-order valence-electron chi connectivity index (χ1n) is 7.52. The number of carbonyl (C=O) groups is 2. The van der Waals surface area contributed by atoms with Gasteiger partial charge in [-0.1, -0.05) is 18.0 Å². The number of imide groups is 1. The Kier molecular flexibility index (Phi) is 3.08. The van der Waals surface area contributed by atoms with Crippen LogP contribution < -0.4 is 9.47 Å². The Bertz CT molecular complexity index is 668. The Balaban J connectivity index is 1.61. The summed E-state index contributed by atoms with van der Waals surface area (Å²) in [6.45, 7) is 1.18. The highest BCUT2D eigenvalue weighted by Crippen LogP contribution is 2.50. The second-order valence-corrected chi connectivity index (χ2v) is 6.59. The second-order valence-electron chi connectivity index (χ2n) is 6.18. The number of benzene rings is 1. The lowest BCUT2D eigenvalue weighted by molar-refractivity contribution is -0.144. The van der Waals surface area contributed by atoms with Crippen LogP contribution in [-0.2, 0) is 16.1 Å². The van der Waals surface area contributed by atoms with Crippen molar-refractivity contribution in [1.29, 1.82) is 0 Å². The van der Waals surface area contributed by atoms with Gasteiger partial charge in [-0.3, -0.25) is 14.5 Å². The van der Waals surface area contributed by atoms with E-state index in [0.29, 0.717) is 41.7 Å². The fourth-order valence-corrected chi connectivity index (χ4v) is 3.63. The number of rotatable bonds is 2. The highest BCUT2D eigenvalue weighted by Gasteiger charge is 2.54. The highest BCUT2D eigenvalue weighted by atomic mass is 35.5. The minimum atomic E-state index is -0.419. The summed E-state index contributed by atoms with van der Waals surface area (Å²) in [6, 6.07) is 3.46. The number of fused-ring (bicyclic) bond motifs is 1. The van der Waals surface area contributed by atoms with Gasteiger partial charge >= 0.3 is 0 Å². The number of hydrogen-bond donors (Lipinski definition) is 0. The van der Waals surface area contributed by atoms with Gasteiger partial charge in [0.2, 0.25) is 11.8 Å². The topological polar surface area (TPSA) is 55.8 Å². The molecule has 3 aliphatic rings. The zero-order valence-corrected chi connectivity index (χ0v) is 12.8. The summed E-state index contributed by atoms with van der Waals surface area (Å²) in [5, 5.41) is 0.486. The molecular formula is C16H16ClNO4. The number of nitrogens with zero attached hydrogens (tertiary/aromatic N) is 1. The van der Waals surface area contributed by atoms with E-state index < -0.39 is 5.41 Å². The minimum absolute atomic E-state index is 0.0466. The molecule has 0 N–H and O–H groups in total. The summed E-state index contributed by atoms with van der Waals surface area (Å²) < 4.78 is 11.0. The normalized spacial score (nSPS) is 22.1. The van der Waals surface area contributed by atoms with Gasteiger partial charge in [0.1, 0.15) is 13.2 Å². The Hall–Kier alpha value is -1.75. The molecule has 5 nitrogen and oxygen atoms in total. The molecule has 22 heavy (non-hydrogen) atoms. The standard InChI is InChI=1S/C16H16ClNO4/c17-11-7-13-12(21-4-5-22-13)6-10(11)9-18-14(19)8-16(15(18)20)2-1-3-16/h6-7H,1-5,8-9H2. The van der Waals surface area contributed by atoms with Crippen LogP contribution in [0.3, 0.4) is 0 Å². The van der Waals surface area contributed by atoms with E-state index >= 15 is 0 Å². The van der Waals surface area contributed by atoms with Crippen molar-refractivity contribution in [1.82, 2.24) is 4.90 Å². The lowest BCUT2D eigenvalue weighted by Gasteiger charge is -2.35. The van der Waals surface area contributed by atoms with E-state index in [1.807, 2.05) is 0 Å². The molecule has 0 radical (unpaired) electrons. The molecule has 1 saturated carbocycles. The summed E-state index contributed by atoms with van der Waals surface area (Å²) in [5.41, 5.74) is 0.293. The number of halogens is 1. The molecule has 0 bridgehead atoms. The molecular weight excluding hydrogens is 306 g/mol. The third-order valence-electron chi connectivity index (χ3n) is 4.84.